The van der Waals surface area contributed by atoms with Crippen LogP contribution in [0.1, 0.15) is 125 Å². The maximum atomic E-state index is 6.16. The van der Waals surface area contributed by atoms with Gasteiger partial charge in [0.15, 0.2) is 0 Å². The first-order chi connectivity index (χ1) is 21.5. The van der Waals surface area contributed by atoms with Crippen LogP contribution in [-0.2, 0) is 6.42 Å². The van der Waals surface area contributed by atoms with E-state index in [4.69, 9.17) is 9.15 Å². The Hall–Kier alpha value is -2.30. The van der Waals surface area contributed by atoms with Crippen LogP contribution in [0.3, 0.4) is 0 Å². The second-order valence-electron chi connectivity index (χ2n) is 14.4. The fourth-order valence-corrected chi connectivity index (χ4v) is 8.31. The molecular formula is C40H60N2O2. The van der Waals surface area contributed by atoms with E-state index in [0.717, 1.165) is 54.8 Å². The molecule has 2 N–H and O–H groups in total. The molecular weight excluding hydrogens is 540 g/mol. The fourth-order valence-electron chi connectivity index (χ4n) is 8.31. The molecule has 242 valence electrons. The summed E-state index contributed by atoms with van der Waals surface area (Å²) in [6.45, 7) is 11.4. The van der Waals surface area contributed by atoms with E-state index in [9.17, 15) is 0 Å². The van der Waals surface area contributed by atoms with Crippen molar-refractivity contribution in [3.63, 3.8) is 0 Å². The Morgan fingerprint density at radius 3 is 2.41 bits per heavy atom. The van der Waals surface area contributed by atoms with Crippen molar-refractivity contribution in [1.82, 2.24) is 10.6 Å². The molecule has 4 nitrogen and oxygen atoms in total. The number of unbranched alkanes of at least 4 members (excludes halogenated alkanes) is 2. The Kier molecular flexibility index (Phi) is 12.3. The summed E-state index contributed by atoms with van der Waals surface area (Å²) >= 11 is 0. The number of furan rings is 1. The average Bonchev–Trinajstić information content (AvgIpc) is 3.46. The molecule has 2 aromatic rings. The van der Waals surface area contributed by atoms with Gasteiger partial charge in [0.05, 0.1) is 7.11 Å². The van der Waals surface area contributed by atoms with E-state index in [1.165, 1.54) is 125 Å². The van der Waals surface area contributed by atoms with E-state index in [1.54, 1.807) is 0 Å². The second kappa shape index (κ2) is 16.3. The Labute approximate surface area is 268 Å². The summed E-state index contributed by atoms with van der Waals surface area (Å²) in [4.78, 5) is 0. The molecule has 0 radical (unpaired) electrons. The minimum atomic E-state index is 0.685. The van der Waals surface area contributed by atoms with Crippen LogP contribution in [-0.4, -0.2) is 33.3 Å². The van der Waals surface area contributed by atoms with Gasteiger partial charge in [-0.15, -0.1) is 0 Å². The molecule has 5 rings (SSSR count). The lowest BCUT2D eigenvalue weighted by atomic mass is 9.57. The molecule has 0 unspecified atom stereocenters. The van der Waals surface area contributed by atoms with Gasteiger partial charge in [0.1, 0.15) is 17.3 Å². The number of nitrogens with one attached hydrogen (secondary N) is 2. The monoisotopic (exact) mass is 600 g/mol. The number of hydrogen-bond acceptors (Lipinski definition) is 4. The summed E-state index contributed by atoms with van der Waals surface area (Å²) in [5.41, 5.74) is 7.39. The van der Waals surface area contributed by atoms with Crippen LogP contribution >= 0.6 is 0 Å². The highest BCUT2D eigenvalue weighted by Crippen LogP contribution is 2.53. The van der Waals surface area contributed by atoms with E-state index >= 15 is 0 Å². The van der Waals surface area contributed by atoms with Crippen LogP contribution in [0.2, 0.25) is 0 Å². The first-order valence-electron chi connectivity index (χ1n) is 18.1. The van der Waals surface area contributed by atoms with Crippen molar-refractivity contribution in [2.75, 3.05) is 33.3 Å². The number of aryl methyl sites for hydroxylation is 3. The predicted octanol–water partition coefficient (Wildman–Crippen LogP) is 9.83. The van der Waals surface area contributed by atoms with Crippen molar-refractivity contribution in [2.45, 2.75) is 117 Å². The smallest absolute Gasteiger partial charge is 0.133 e. The van der Waals surface area contributed by atoms with Crippen molar-refractivity contribution in [3.8, 4) is 5.75 Å². The van der Waals surface area contributed by atoms with Crippen LogP contribution in [0.15, 0.2) is 40.8 Å². The van der Waals surface area contributed by atoms with Crippen LogP contribution in [0.5, 0.6) is 5.75 Å². The predicted molar refractivity (Wildman–Crippen MR) is 186 cm³/mol. The fraction of sp³-hybridized carbons (Fsp3) is 0.650. The Morgan fingerprint density at radius 1 is 0.955 bits per heavy atom. The standard InChI is InChI=1S/C40H60N2O2/c1-5-6-12-36(38-16-15-31(3)44-38)26-34(13-8-7-10-33-28-40(29-33)19-23-42-24-20-40)37-27-39(43-4)35(25-30(37)2)14-9-11-32-17-21-41-22-18-32/h12,15-16,25-27,32-33,41-42H,5-11,13-14,17-24,28-29H2,1-4H3/b34-26-,36-12-. The summed E-state index contributed by atoms with van der Waals surface area (Å²) in [5, 5.41) is 7.06. The maximum Gasteiger partial charge on any atom is 0.133 e. The molecule has 3 heterocycles. The van der Waals surface area contributed by atoms with Gasteiger partial charge in [0.25, 0.3) is 0 Å². The van der Waals surface area contributed by atoms with Gasteiger partial charge in [0.2, 0.25) is 0 Å². The van der Waals surface area contributed by atoms with Gasteiger partial charge in [-0.1, -0.05) is 44.7 Å². The molecule has 1 aromatic carbocycles. The van der Waals surface area contributed by atoms with Crippen LogP contribution in [0.25, 0.3) is 11.1 Å². The molecule has 0 atom stereocenters. The summed E-state index contributed by atoms with van der Waals surface area (Å²) in [6, 6.07) is 8.99. The van der Waals surface area contributed by atoms with Gasteiger partial charge in [-0.2, -0.15) is 0 Å². The van der Waals surface area contributed by atoms with E-state index in [0.29, 0.717) is 5.41 Å². The van der Waals surface area contributed by atoms with Crippen LogP contribution in [0, 0.1) is 31.1 Å². The van der Waals surface area contributed by atoms with Crippen LogP contribution in [0.4, 0.5) is 0 Å². The highest BCUT2D eigenvalue weighted by atomic mass is 16.5. The van der Waals surface area contributed by atoms with Crippen molar-refractivity contribution in [3.05, 3.63) is 64.6 Å². The zero-order valence-electron chi connectivity index (χ0n) is 28.4. The number of benzene rings is 1. The Bertz CT molecular complexity index is 1230. The van der Waals surface area contributed by atoms with Gasteiger partial charge in [-0.25, -0.2) is 0 Å². The minimum absolute atomic E-state index is 0.685. The second-order valence-corrected chi connectivity index (χ2v) is 14.4. The first kappa shape index (κ1) is 33.1. The van der Waals surface area contributed by atoms with E-state index in [-0.39, 0.29) is 0 Å². The average molecular weight is 601 g/mol. The first-order valence-corrected chi connectivity index (χ1v) is 18.1. The summed E-state index contributed by atoms with van der Waals surface area (Å²) < 4.78 is 12.2. The third-order valence-electron chi connectivity index (χ3n) is 10.9. The lowest BCUT2D eigenvalue weighted by molar-refractivity contribution is 0.0164. The SMILES string of the molecule is CCC/C=C(/C=C(/CCCCC1CC2(CCNCC2)C1)c1cc(OC)c(CCCC2CCNCC2)cc1C)c1ccc(C)o1. The van der Waals surface area contributed by atoms with Gasteiger partial charge in [-0.05, 0) is 174 Å². The number of rotatable bonds is 15. The molecule has 3 fully saturated rings. The van der Waals surface area contributed by atoms with Crippen molar-refractivity contribution in [1.29, 1.82) is 0 Å². The molecule has 1 aliphatic carbocycles. The Balaban J connectivity index is 1.30. The summed E-state index contributed by atoms with van der Waals surface area (Å²) in [6.07, 6.45) is 24.0. The summed E-state index contributed by atoms with van der Waals surface area (Å²) in [5.74, 6) is 4.82. The number of allylic oxidation sites excluding steroid dienone is 4. The quantitative estimate of drug-likeness (QED) is 0.158. The van der Waals surface area contributed by atoms with Gasteiger partial charge < -0.3 is 19.8 Å². The topological polar surface area (TPSA) is 46.4 Å². The molecule has 0 bridgehead atoms. The largest absolute Gasteiger partial charge is 0.496 e. The number of hydrogen-bond donors (Lipinski definition) is 2. The molecule has 1 spiro atoms. The molecule has 44 heavy (non-hydrogen) atoms. The maximum absolute atomic E-state index is 6.16. The van der Waals surface area contributed by atoms with Crippen molar-refractivity contribution in [2.24, 2.45) is 17.3 Å². The molecule has 1 saturated carbocycles. The van der Waals surface area contributed by atoms with Gasteiger partial charge in [-0.3, -0.25) is 0 Å². The van der Waals surface area contributed by atoms with Crippen LogP contribution < -0.4 is 15.4 Å². The lowest BCUT2D eigenvalue weighted by Gasteiger charge is -2.50. The third kappa shape index (κ3) is 8.91. The molecule has 2 aliphatic heterocycles. The normalized spacial score (nSPS) is 19.8. The van der Waals surface area contributed by atoms with E-state index in [1.807, 2.05) is 14.0 Å². The zero-order valence-corrected chi connectivity index (χ0v) is 28.4. The van der Waals surface area contributed by atoms with Gasteiger partial charge >= 0.3 is 0 Å². The zero-order chi connectivity index (χ0) is 30.8. The van der Waals surface area contributed by atoms with Crippen molar-refractivity contribution >= 4 is 11.1 Å². The molecule has 0 amide bonds. The molecule has 4 heteroatoms. The number of ether oxygens (including phenoxy) is 1. The number of piperidine rings is 2. The minimum Gasteiger partial charge on any atom is -0.496 e. The molecule has 2 saturated heterocycles. The molecule has 1 aromatic heterocycles. The highest BCUT2D eigenvalue weighted by molar-refractivity contribution is 5.83. The van der Waals surface area contributed by atoms with E-state index in [2.05, 4.69) is 60.9 Å². The van der Waals surface area contributed by atoms with E-state index < -0.39 is 0 Å². The lowest BCUT2D eigenvalue weighted by Crippen LogP contribution is -2.45. The van der Waals surface area contributed by atoms with Crippen molar-refractivity contribution < 1.29 is 9.15 Å². The number of methoxy groups -OCH3 is 1. The van der Waals surface area contributed by atoms with Gasteiger partial charge in [0, 0.05) is 5.57 Å². The molecule has 3 aliphatic rings. The third-order valence-corrected chi connectivity index (χ3v) is 10.9. The Morgan fingerprint density at radius 2 is 1.70 bits per heavy atom. The highest BCUT2D eigenvalue weighted by Gasteiger charge is 2.43. The summed E-state index contributed by atoms with van der Waals surface area (Å²) in [7, 11) is 1.85.